The highest BCUT2D eigenvalue weighted by Gasteiger charge is 2.41. The van der Waals surface area contributed by atoms with Crippen LogP contribution in [0.4, 0.5) is 5.69 Å². The normalized spacial score (nSPS) is 17.1. The van der Waals surface area contributed by atoms with E-state index in [2.05, 4.69) is 46.9 Å². The minimum absolute atomic E-state index is 0.111. The molecular weight excluding hydrogens is 420 g/mol. The fraction of sp³-hybridized carbons (Fsp3) is 0.360. The van der Waals surface area contributed by atoms with Crippen LogP contribution in [0.1, 0.15) is 32.3 Å². The number of fused-ring (bicyclic) bond motifs is 1. The van der Waals surface area contributed by atoms with Gasteiger partial charge < -0.3 is 16.2 Å². The monoisotopic (exact) mass is 452 g/mol. The summed E-state index contributed by atoms with van der Waals surface area (Å²) in [6, 6.07) is 14.4. The molecule has 0 bridgehead atoms. The number of thioether (sulfide) groups is 1. The predicted molar refractivity (Wildman–Crippen MR) is 135 cm³/mol. The smallest absolute Gasteiger partial charge is 0.267 e. The van der Waals surface area contributed by atoms with Crippen molar-refractivity contribution >= 4 is 30.1 Å². The first kappa shape index (κ1) is 23.9. The molecule has 2 heterocycles. The van der Waals surface area contributed by atoms with E-state index in [4.69, 9.17) is 16.2 Å². The second-order valence-corrected chi connectivity index (χ2v) is 8.67. The van der Waals surface area contributed by atoms with Crippen LogP contribution in [0.3, 0.4) is 0 Å². The van der Waals surface area contributed by atoms with Gasteiger partial charge in [-0.15, -0.1) is 11.8 Å². The Morgan fingerprint density at radius 3 is 2.47 bits per heavy atom. The minimum atomic E-state index is -0.550. The average molecular weight is 453 g/mol. The van der Waals surface area contributed by atoms with Gasteiger partial charge in [0.15, 0.2) is 0 Å². The maximum absolute atomic E-state index is 11.2. The first-order valence-corrected chi connectivity index (χ1v) is 12.0. The summed E-state index contributed by atoms with van der Waals surface area (Å²) in [6.07, 6.45) is 2.90. The van der Waals surface area contributed by atoms with Crippen LogP contribution in [0.2, 0.25) is 0 Å². The van der Waals surface area contributed by atoms with Gasteiger partial charge in [0.05, 0.1) is 0 Å². The van der Waals surface area contributed by atoms with Crippen molar-refractivity contribution in [3.05, 3.63) is 59.1 Å². The van der Waals surface area contributed by atoms with Gasteiger partial charge in [0.25, 0.3) is 5.91 Å². The van der Waals surface area contributed by atoms with Crippen LogP contribution >= 0.6 is 11.8 Å². The summed E-state index contributed by atoms with van der Waals surface area (Å²) in [5.41, 5.74) is 15.6. The summed E-state index contributed by atoms with van der Waals surface area (Å²) in [5.74, 6) is 1.24. The largest absolute Gasteiger partial charge is 0.487 e. The molecule has 0 atom stereocenters. The number of hydrogen-bond acceptors (Lipinski definition) is 6. The summed E-state index contributed by atoms with van der Waals surface area (Å²) in [5, 5.41) is 1.68. The van der Waals surface area contributed by atoms with Gasteiger partial charge in [-0.25, -0.2) is 0 Å². The van der Waals surface area contributed by atoms with E-state index >= 15 is 0 Å². The predicted octanol–water partition coefficient (Wildman–Crippen LogP) is 4.45. The summed E-state index contributed by atoms with van der Waals surface area (Å²) >= 11 is 1.52. The Hall–Kier alpha value is -2.77. The molecule has 6 nitrogen and oxygen atoms in total. The Kier molecular flexibility index (Phi) is 7.99. The Morgan fingerprint density at radius 2 is 1.84 bits per heavy atom. The number of carbonyl (C=O) groups is 1. The van der Waals surface area contributed by atoms with Gasteiger partial charge in [-0.05, 0) is 47.7 Å². The van der Waals surface area contributed by atoms with E-state index in [1.165, 1.54) is 22.9 Å². The number of nitrogens with two attached hydrogens (primary N) is 2. The van der Waals surface area contributed by atoms with Crippen molar-refractivity contribution in [1.82, 2.24) is 4.90 Å². The molecule has 1 saturated heterocycles. The molecule has 170 valence electrons. The summed E-state index contributed by atoms with van der Waals surface area (Å²) < 4.78 is 6.44. The average Bonchev–Trinajstić information content (AvgIpc) is 3.16. The third kappa shape index (κ3) is 5.53. The molecule has 1 spiro atoms. The number of piperidine rings is 1. The molecule has 2 aromatic rings. The van der Waals surface area contributed by atoms with E-state index in [1.54, 1.807) is 5.41 Å². The number of primary amides is 1. The molecule has 0 saturated carbocycles. The lowest BCUT2D eigenvalue weighted by atomic mass is 9.87. The molecular formula is C25H32N4O2S. The highest BCUT2D eigenvalue weighted by molar-refractivity contribution is 8.02. The molecule has 0 unspecified atom stereocenters. The number of ether oxygens (including phenoxy) is 1. The number of benzene rings is 2. The number of rotatable bonds is 6. The highest BCUT2D eigenvalue weighted by atomic mass is 32.2. The molecule has 1 amide bonds. The van der Waals surface area contributed by atoms with Gasteiger partial charge in [0.2, 0.25) is 0 Å². The van der Waals surface area contributed by atoms with E-state index < -0.39 is 5.91 Å². The molecule has 32 heavy (non-hydrogen) atoms. The summed E-state index contributed by atoms with van der Waals surface area (Å²) in [4.78, 5) is 17.2. The fourth-order valence-electron chi connectivity index (χ4n) is 4.05. The third-order valence-corrected chi connectivity index (χ3v) is 6.69. The lowest BCUT2D eigenvalue weighted by molar-refractivity contribution is -0.114. The lowest BCUT2D eigenvalue weighted by Gasteiger charge is -2.38. The molecule has 1 fully saturated rings. The molecule has 2 aromatic carbocycles. The van der Waals surface area contributed by atoms with Crippen molar-refractivity contribution in [2.75, 3.05) is 24.7 Å². The van der Waals surface area contributed by atoms with Crippen LogP contribution in [-0.2, 0) is 11.2 Å². The zero-order valence-electron chi connectivity index (χ0n) is 18.8. The van der Waals surface area contributed by atoms with Crippen LogP contribution in [0.5, 0.6) is 5.75 Å². The third-order valence-electron chi connectivity index (χ3n) is 5.79. The number of nitrogen functional groups attached to an aromatic ring is 1. The van der Waals surface area contributed by atoms with E-state index in [-0.39, 0.29) is 11.3 Å². The van der Waals surface area contributed by atoms with Gasteiger partial charge >= 0.3 is 0 Å². The van der Waals surface area contributed by atoms with Crippen molar-refractivity contribution in [3.63, 3.8) is 0 Å². The van der Waals surface area contributed by atoms with Crippen LogP contribution in [0, 0.1) is 0 Å². The first-order chi connectivity index (χ1) is 15.5. The van der Waals surface area contributed by atoms with Gasteiger partial charge in [-0.1, -0.05) is 32.0 Å². The molecule has 7 heteroatoms. The van der Waals surface area contributed by atoms with Crippen LogP contribution in [0.15, 0.2) is 58.6 Å². The number of hydrogen-bond donors (Lipinski definition) is 2. The number of aliphatic imine (C=N–C) groups is 1. The number of amides is 1. The number of anilines is 1. The van der Waals surface area contributed by atoms with Gasteiger partial charge in [-0.3, -0.25) is 14.7 Å². The topological polar surface area (TPSA) is 93.9 Å². The molecule has 2 aliphatic rings. The number of nitrogens with zero attached hydrogens (tertiary/aromatic N) is 2. The van der Waals surface area contributed by atoms with Gasteiger partial charge in [0, 0.05) is 49.3 Å². The molecule has 0 aliphatic carbocycles. The van der Waals surface area contributed by atoms with Crippen LogP contribution in [0.25, 0.3) is 11.1 Å². The summed E-state index contributed by atoms with van der Waals surface area (Å²) in [6.45, 7) is 9.28. The quantitative estimate of drug-likeness (QED) is 0.384. The van der Waals surface area contributed by atoms with Crippen molar-refractivity contribution in [2.24, 2.45) is 10.7 Å². The number of carbonyl (C=O) groups excluding carboxylic acids is 1. The molecule has 0 aromatic heterocycles. The number of likely N-dealkylation sites (tertiary alicyclic amines) is 1. The van der Waals surface area contributed by atoms with Crippen LogP contribution in [-0.4, -0.2) is 42.1 Å². The van der Waals surface area contributed by atoms with E-state index in [0.717, 1.165) is 55.2 Å². The van der Waals surface area contributed by atoms with Gasteiger partial charge in [0.1, 0.15) is 17.0 Å². The van der Waals surface area contributed by atoms with E-state index in [0.29, 0.717) is 0 Å². The molecule has 2 aliphatic heterocycles. The van der Waals surface area contributed by atoms with Crippen molar-refractivity contribution in [1.29, 1.82) is 0 Å². The zero-order chi connectivity index (χ0) is 23.1. The zero-order valence-corrected chi connectivity index (χ0v) is 19.7. The Bertz CT molecular complexity index is 980. The minimum Gasteiger partial charge on any atom is -0.487 e. The molecule has 0 radical (unpaired) electrons. The maximum atomic E-state index is 11.2. The second kappa shape index (κ2) is 10.7. The molecule has 4 rings (SSSR count). The SMILES string of the molecule is C=N/C(=C\SCN1CCC2(CC1)Cc1cc(-c3ccc(N)cc3)ccc1O2)C(N)=O.CC. The Labute approximate surface area is 194 Å². The van der Waals surface area contributed by atoms with E-state index in [9.17, 15) is 4.79 Å². The van der Waals surface area contributed by atoms with E-state index in [1.807, 2.05) is 26.0 Å². The Balaban J connectivity index is 0.00000141. The van der Waals surface area contributed by atoms with Gasteiger partial charge in [-0.2, -0.15) is 0 Å². The maximum Gasteiger partial charge on any atom is 0.267 e. The lowest BCUT2D eigenvalue weighted by Crippen LogP contribution is -2.47. The van der Waals surface area contributed by atoms with Crippen molar-refractivity contribution in [3.8, 4) is 16.9 Å². The Morgan fingerprint density at radius 1 is 1.19 bits per heavy atom. The standard InChI is InChI=1S/C23H26N4O2S.C2H6/c1-26-20(22(25)28)14-30-15-27-10-8-23(9-11-27)13-18-12-17(4-7-21(18)29-23)16-2-5-19(24)6-3-16;1-2/h2-7,12,14H,1,8-11,13,15,24H2,(H2,25,28);1-2H3/b20-14-;. The van der Waals surface area contributed by atoms with Crippen LogP contribution < -0.4 is 16.2 Å². The summed E-state index contributed by atoms with van der Waals surface area (Å²) in [7, 11) is 0. The second-order valence-electron chi connectivity index (χ2n) is 7.85. The first-order valence-electron chi connectivity index (χ1n) is 11.0. The fourth-order valence-corrected chi connectivity index (χ4v) is 4.94. The highest BCUT2D eigenvalue weighted by Crippen LogP contribution is 2.42. The van der Waals surface area contributed by atoms with Crippen molar-refractivity contribution < 1.29 is 9.53 Å². The molecule has 4 N–H and O–H groups in total. The van der Waals surface area contributed by atoms with Crippen molar-refractivity contribution in [2.45, 2.75) is 38.7 Å².